The molecule has 2 amide bonds. The number of halogens is 3. The Kier molecular flexibility index (Phi) is 7.46. The Balaban J connectivity index is 1.35. The number of carbonyl (C=O) groups excluding carboxylic acids is 2. The fourth-order valence-corrected chi connectivity index (χ4v) is 3.12. The SMILES string of the molecule is C=C(CCNC(=O)[C@H]1CCc2cc(F)ccc2O1)NC(=O)COc1ccc(Cl)c(F)c1. The van der Waals surface area contributed by atoms with Crippen LogP contribution in [-0.2, 0) is 16.0 Å². The lowest BCUT2D eigenvalue weighted by molar-refractivity contribution is -0.128. The van der Waals surface area contributed by atoms with Crippen LogP contribution in [0.5, 0.6) is 11.5 Å². The maximum absolute atomic E-state index is 13.4. The van der Waals surface area contributed by atoms with Gasteiger partial charge in [-0.3, -0.25) is 9.59 Å². The van der Waals surface area contributed by atoms with Gasteiger partial charge in [0.2, 0.25) is 0 Å². The molecule has 0 unspecified atom stereocenters. The van der Waals surface area contributed by atoms with E-state index in [4.69, 9.17) is 21.1 Å². The van der Waals surface area contributed by atoms with Gasteiger partial charge in [0.05, 0.1) is 5.02 Å². The number of aryl methyl sites for hydroxylation is 1. The van der Waals surface area contributed by atoms with Gasteiger partial charge in [0.25, 0.3) is 11.8 Å². The molecule has 0 bridgehead atoms. The van der Waals surface area contributed by atoms with E-state index in [0.717, 1.165) is 11.6 Å². The summed E-state index contributed by atoms with van der Waals surface area (Å²) in [6.07, 6.45) is 0.643. The van der Waals surface area contributed by atoms with Crippen LogP contribution in [0.1, 0.15) is 18.4 Å². The van der Waals surface area contributed by atoms with Crippen LogP contribution in [0.15, 0.2) is 48.7 Å². The lowest BCUT2D eigenvalue weighted by Crippen LogP contribution is -2.41. The summed E-state index contributed by atoms with van der Waals surface area (Å²) >= 11 is 5.59. The zero-order chi connectivity index (χ0) is 22.4. The van der Waals surface area contributed by atoms with E-state index in [1.807, 2.05) is 0 Å². The molecule has 0 fully saturated rings. The van der Waals surface area contributed by atoms with E-state index < -0.39 is 17.8 Å². The van der Waals surface area contributed by atoms with Crippen molar-refractivity contribution in [2.75, 3.05) is 13.2 Å². The van der Waals surface area contributed by atoms with Crippen molar-refractivity contribution >= 4 is 23.4 Å². The molecule has 0 aliphatic carbocycles. The molecule has 1 heterocycles. The molecule has 1 atom stereocenters. The van der Waals surface area contributed by atoms with Gasteiger partial charge in [-0.25, -0.2) is 8.78 Å². The van der Waals surface area contributed by atoms with Gasteiger partial charge < -0.3 is 20.1 Å². The zero-order valence-corrected chi connectivity index (χ0v) is 17.3. The zero-order valence-electron chi connectivity index (χ0n) is 16.6. The molecular weight excluding hydrogens is 430 g/mol. The quantitative estimate of drug-likeness (QED) is 0.645. The third-order valence-corrected chi connectivity index (χ3v) is 4.87. The number of fused-ring (bicyclic) bond motifs is 1. The van der Waals surface area contributed by atoms with E-state index >= 15 is 0 Å². The molecule has 0 radical (unpaired) electrons. The average molecular weight is 451 g/mol. The predicted molar refractivity (Wildman–Crippen MR) is 111 cm³/mol. The summed E-state index contributed by atoms with van der Waals surface area (Å²) in [5.74, 6) is -1.06. The van der Waals surface area contributed by atoms with Crippen molar-refractivity contribution in [2.45, 2.75) is 25.4 Å². The molecule has 2 N–H and O–H groups in total. The Bertz CT molecular complexity index is 999. The first-order chi connectivity index (χ1) is 14.8. The fraction of sp³-hybridized carbons (Fsp3) is 0.273. The molecular formula is C22H21ClF2N2O4. The van der Waals surface area contributed by atoms with Crippen molar-refractivity contribution in [3.05, 3.63) is 70.9 Å². The van der Waals surface area contributed by atoms with Crippen LogP contribution in [0, 0.1) is 11.6 Å². The highest BCUT2D eigenvalue weighted by Crippen LogP contribution is 2.28. The Morgan fingerprint density at radius 2 is 2.03 bits per heavy atom. The van der Waals surface area contributed by atoms with Crippen LogP contribution in [0.25, 0.3) is 0 Å². The molecule has 164 valence electrons. The maximum atomic E-state index is 13.4. The van der Waals surface area contributed by atoms with E-state index in [9.17, 15) is 18.4 Å². The second-order valence-electron chi connectivity index (χ2n) is 6.95. The smallest absolute Gasteiger partial charge is 0.262 e. The van der Waals surface area contributed by atoms with E-state index in [1.54, 1.807) is 0 Å². The summed E-state index contributed by atoms with van der Waals surface area (Å²) in [7, 11) is 0. The summed E-state index contributed by atoms with van der Waals surface area (Å²) < 4.78 is 37.4. The second-order valence-corrected chi connectivity index (χ2v) is 7.36. The molecule has 0 spiro atoms. The van der Waals surface area contributed by atoms with Crippen LogP contribution in [0.3, 0.4) is 0 Å². The number of carbonyl (C=O) groups is 2. The Hall–Kier alpha value is -3.13. The van der Waals surface area contributed by atoms with Crippen LogP contribution < -0.4 is 20.1 Å². The number of nitrogens with one attached hydrogen (secondary N) is 2. The lowest BCUT2D eigenvalue weighted by Gasteiger charge is -2.25. The van der Waals surface area contributed by atoms with Crippen molar-refractivity contribution in [3.63, 3.8) is 0 Å². The second kappa shape index (κ2) is 10.3. The number of ether oxygens (including phenoxy) is 2. The first kappa shape index (κ1) is 22.6. The van der Waals surface area contributed by atoms with Crippen molar-refractivity contribution in [1.29, 1.82) is 0 Å². The number of benzene rings is 2. The first-order valence-electron chi connectivity index (χ1n) is 9.60. The van der Waals surface area contributed by atoms with Gasteiger partial charge in [-0.15, -0.1) is 0 Å². The van der Waals surface area contributed by atoms with Crippen molar-refractivity contribution in [1.82, 2.24) is 10.6 Å². The third kappa shape index (κ3) is 6.42. The molecule has 0 saturated carbocycles. The average Bonchev–Trinajstić information content (AvgIpc) is 2.74. The maximum Gasteiger partial charge on any atom is 0.262 e. The molecule has 6 nitrogen and oxygen atoms in total. The van der Waals surface area contributed by atoms with Crippen molar-refractivity contribution < 1.29 is 27.8 Å². The molecule has 31 heavy (non-hydrogen) atoms. The fourth-order valence-electron chi connectivity index (χ4n) is 3.00. The highest BCUT2D eigenvalue weighted by Gasteiger charge is 2.26. The van der Waals surface area contributed by atoms with Gasteiger partial charge in [-0.05, 0) is 48.7 Å². The highest BCUT2D eigenvalue weighted by atomic mass is 35.5. The van der Waals surface area contributed by atoms with Crippen LogP contribution in [0.4, 0.5) is 8.78 Å². The first-order valence-corrected chi connectivity index (χ1v) is 9.98. The minimum Gasteiger partial charge on any atom is -0.484 e. The summed E-state index contributed by atoms with van der Waals surface area (Å²) in [6, 6.07) is 8.08. The summed E-state index contributed by atoms with van der Waals surface area (Å²) in [4.78, 5) is 24.2. The van der Waals surface area contributed by atoms with Gasteiger partial charge in [0.15, 0.2) is 12.7 Å². The van der Waals surface area contributed by atoms with E-state index in [2.05, 4.69) is 17.2 Å². The summed E-state index contributed by atoms with van der Waals surface area (Å²) in [6.45, 7) is 3.66. The molecule has 1 aliphatic heterocycles. The topological polar surface area (TPSA) is 76.7 Å². The summed E-state index contributed by atoms with van der Waals surface area (Å²) in [5.41, 5.74) is 1.13. The van der Waals surface area contributed by atoms with E-state index in [1.165, 1.54) is 30.3 Å². The van der Waals surface area contributed by atoms with Gasteiger partial charge in [0.1, 0.15) is 23.1 Å². The molecule has 2 aromatic rings. The monoisotopic (exact) mass is 450 g/mol. The molecule has 3 rings (SSSR count). The minimum atomic E-state index is -0.658. The van der Waals surface area contributed by atoms with Crippen LogP contribution in [-0.4, -0.2) is 31.1 Å². The molecule has 9 heteroatoms. The van der Waals surface area contributed by atoms with E-state index in [-0.39, 0.29) is 35.6 Å². The Labute approximate surface area is 183 Å². The number of rotatable bonds is 8. The molecule has 0 aromatic heterocycles. The van der Waals surface area contributed by atoms with E-state index in [0.29, 0.717) is 30.7 Å². The van der Waals surface area contributed by atoms with Gasteiger partial charge >= 0.3 is 0 Å². The molecule has 1 aliphatic rings. The van der Waals surface area contributed by atoms with Crippen molar-refractivity contribution in [2.24, 2.45) is 0 Å². The highest BCUT2D eigenvalue weighted by molar-refractivity contribution is 6.30. The third-order valence-electron chi connectivity index (χ3n) is 4.56. The predicted octanol–water partition coefficient (Wildman–Crippen LogP) is 3.53. The van der Waals surface area contributed by atoms with Gasteiger partial charge in [-0.1, -0.05) is 18.2 Å². The lowest BCUT2D eigenvalue weighted by atomic mass is 10.0. The number of amides is 2. The Morgan fingerprint density at radius 3 is 2.81 bits per heavy atom. The van der Waals surface area contributed by atoms with Gasteiger partial charge in [0, 0.05) is 24.7 Å². The number of hydrogen-bond donors (Lipinski definition) is 2. The number of hydrogen-bond acceptors (Lipinski definition) is 4. The largest absolute Gasteiger partial charge is 0.484 e. The van der Waals surface area contributed by atoms with Crippen LogP contribution >= 0.6 is 11.6 Å². The summed E-state index contributed by atoms with van der Waals surface area (Å²) in [5, 5.41) is 5.25. The standard InChI is InChI=1S/C22H21ClF2N2O4/c1-13(27-21(28)12-30-16-4-5-17(23)18(25)11-16)8-9-26-22(29)20-6-2-14-10-15(24)3-7-19(14)31-20/h3-5,7,10-11,20H,1-2,6,8-9,12H2,(H,26,29)(H,27,28)/t20-/m1/s1. The molecule has 0 saturated heterocycles. The minimum absolute atomic E-state index is 0.0380. The normalized spacial score (nSPS) is 14.7. The van der Waals surface area contributed by atoms with Crippen LogP contribution in [0.2, 0.25) is 5.02 Å². The molecule has 2 aromatic carbocycles. The van der Waals surface area contributed by atoms with Gasteiger partial charge in [-0.2, -0.15) is 0 Å². The van der Waals surface area contributed by atoms with Crippen molar-refractivity contribution in [3.8, 4) is 11.5 Å². The Morgan fingerprint density at radius 1 is 1.23 bits per heavy atom.